The van der Waals surface area contributed by atoms with Crippen LogP contribution in [0.1, 0.15) is 361 Å². The zero-order valence-electron chi connectivity index (χ0n) is 54.5. The van der Waals surface area contributed by atoms with Gasteiger partial charge < -0.3 is 14.2 Å². The fourth-order valence-corrected chi connectivity index (χ4v) is 10.4. The second-order valence-corrected chi connectivity index (χ2v) is 23.8. The molecule has 0 saturated heterocycles. The van der Waals surface area contributed by atoms with Gasteiger partial charge in [0, 0.05) is 19.3 Å². The number of carbonyl (C=O) groups is 3. The largest absolute Gasteiger partial charge is 0.462 e. The van der Waals surface area contributed by atoms with Crippen LogP contribution in [0.5, 0.6) is 0 Å². The van der Waals surface area contributed by atoms with Crippen molar-refractivity contribution in [3.63, 3.8) is 0 Å². The molecule has 0 aromatic rings. The van der Waals surface area contributed by atoms with Gasteiger partial charge in [-0.3, -0.25) is 14.4 Å². The molecule has 82 heavy (non-hydrogen) atoms. The van der Waals surface area contributed by atoms with Gasteiger partial charge in [0.15, 0.2) is 6.10 Å². The van der Waals surface area contributed by atoms with E-state index in [1.54, 1.807) is 0 Å². The van der Waals surface area contributed by atoms with E-state index in [1.807, 2.05) is 0 Å². The third-order valence-electron chi connectivity index (χ3n) is 15.7. The highest BCUT2D eigenvalue weighted by atomic mass is 16.6. The van der Waals surface area contributed by atoms with Gasteiger partial charge in [-0.15, -0.1) is 0 Å². The Balaban J connectivity index is 4.13. The van der Waals surface area contributed by atoms with Gasteiger partial charge in [-0.2, -0.15) is 0 Å². The standard InChI is InChI=1S/C76H134O6/c1-4-7-10-13-16-19-21-23-25-27-29-31-33-35-37-38-40-41-43-45-47-49-51-53-55-57-60-63-66-69-75(78)81-72-73(71-80-74(77)68-65-62-59-18-15-12-9-6-3)82-76(79)70-67-64-61-58-56-54-52-50-48-46-44-42-39-36-34-32-30-28-26-24-22-20-17-14-11-8-5-2/h8,11,17,20,24,26,30,32,36,39,44,46,50,52,73H,4-7,9-10,12-16,18-19,21-23,25,27-29,31,33-35,37-38,40-43,45,47-49,51,53-72H2,1-3H3/b11-8-,20-17-,26-24-,32-30-,39-36-,46-44-,52-50-. The molecule has 0 aromatic carbocycles. The van der Waals surface area contributed by atoms with E-state index in [4.69, 9.17) is 14.2 Å². The monoisotopic (exact) mass is 1140 g/mol. The number of hydrogen-bond acceptors (Lipinski definition) is 6. The quantitative estimate of drug-likeness (QED) is 0.0261. The minimum atomic E-state index is -0.785. The SMILES string of the molecule is CC/C=C\C/C=C\C/C=C\C/C=C\C/C=C\C/C=C\C/C=C\CCCCCCCC(=O)OC(COC(=O)CCCCCCCCCC)COC(=O)CCCCCCCCCCCCCCCCCCCCCCCCCCCCCCC. The summed E-state index contributed by atoms with van der Waals surface area (Å²) in [6.07, 6.45) is 93.6. The predicted molar refractivity (Wildman–Crippen MR) is 358 cm³/mol. The highest BCUT2D eigenvalue weighted by Gasteiger charge is 2.19. The van der Waals surface area contributed by atoms with Crippen molar-refractivity contribution in [3.05, 3.63) is 85.1 Å². The van der Waals surface area contributed by atoms with E-state index in [2.05, 4.69) is 106 Å². The molecule has 1 atom stereocenters. The van der Waals surface area contributed by atoms with Crippen molar-refractivity contribution in [1.29, 1.82) is 0 Å². The van der Waals surface area contributed by atoms with E-state index in [0.717, 1.165) is 122 Å². The van der Waals surface area contributed by atoms with Crippen molar-refractivity contribution in [1.82, 2.24) is 0 Å². The molecule has 0 fully saturated rings. The van der Waals surface area contributed by atoms with Crippen molar-refractivity contribution < 1.29 is 28.6 Å². The van der Waals surface area contributed by atoms with E-state index < -0.39 is 6.10 Å². The smallest absolute Gasteiger partial charge is 0.306 e. The maximum atomic E-state index is 12.9. The Kier molecular flexibility index (Phi) is 67.2. The fraction of sp³-hybridized carbons (Fsp3) is 0.776. The Labute approximate surface area is 509 Å². The predicted octanol–water partition coefficient (Wildman–Crippen LogP) is 24.6. The minimum absolute atomic E-state index is 0.0806. The molecule has 0 saturated carbocycles. The average molecular weight is 1140 g/mol. The van der Waals surface area contributed by atoms with Crippen molar-refractivity contribution in [2.45, 2.75) is 367 Å². The van der Waals surface area contributed by atoms with Crippen LogP contribution in [-0.4, -0.2) is 37.2 Å². The lowest BCUT2D eigenvalue weighted by Crippen LogP contribution is -2.30. The molecule has 0 bridgehead atoms. The van der Waals surface area contributed by atoms with E-state index in [0.29, 0.717) is 19.3 Å². The topological polar surface area (TPSA) is 78.9 Å². The molecule has 0 aliphatic heterocycles. The van der Waals surface area contributed by atoms with Crippen LogP contribution in [-0.2, 0) is 28.6 Å². The third kappa shape index (κ3) is 67.4. The number of unbranched alkanes of at least 4 members (excludes halogenated alkanes) is 40. The molecule has 0 heterocycles. The van der Waals surface area contributed by atoms with Crippen molar-refractivity contribution in [3.8, 4) is 0 Å². The van der Waals surface area contributed by atoms with Crippen molar-refractivity contribution >= 4 is 17.9 Å². The maximum Gasteiger partial charge on any atom is 0.306 e. The summed E-state index contributed by atoms with van der Waals surface area (Å²) in [5.41, 5.74) is 0. The van der Waals surface area contributed by atoms with E-state index in [1.165, 1.54) is 199 Å². The fourth-order valence-electron chi connectivity index (χ4n) is 10.4. The second-order valence-electron chi connectivity index (χ2n) is 23.8. The molecule has 0 aliphatic carbocycles. The van der Waals surface area contributed by atoms with Gasteiger partial charge >= 0.3 is 17.9 Å². The molecule has 1 unspecified atom stereocenters. The molecule has 0 aromatic heterocycles. The number of rotatable bonds is 65. The molecule has 474 valence electrons. The van der Waals surface area contributed by atoms with Crippen LogP contribution in [0.2, 0.25) is 0 Å². The Morgan fingerprint density at radius 1 is 0.256 bits per heavy atom. The first-order valence-electron chi connectivity index (χ1n) is 35.6. The summed E-state index contributed by atoms with van der Waals surface area (Å²) in [5.74, 6) is -0.888. The number of carbonyl (C=O) groups excluding carboxylic acids is 3. The highest BCUT2D eigenvalue weighted by molar-refractivity contribution is 5.71. The lowest BCUT2D eigenvalue weighted by atomic mass is 10.0. The van der Waals surface area contributed by atoms with Gasteiger partial charge in [-0.05, 0) is 77.0 Å². The summed E-state index contributed by atoms with van der Waals surface area (Å²) in [7, 11) is 0. The lowest BCUT2D eigenvalue weighted by Gasteiger charge is -2.18. The summed E-state index contributed by atoms with van der Waals surface area (Å²) in [6, 6.07) is 0. The first-order valence-corrected chi connectivity index (χ1v) is 35.6. The van der Waals surface area contributed by atoms with E-state index >= 15 is 0 Å². The van der Waals surface area contributed by atoms with Gasteiger partial charge in [0.25, 0.3) is 0 Å². The van der Waals surface area contributed by atoms with Gasteiger partial charge in [0.05, 0.1) is 0 Å². The minimum Gasteiger partial charge on any atom is -0.462 e. The first-order chi connectivity index (χ1) is 40.5. The Morgan fingerprint density at radius 3 is 0.744 bits per heavy atom. The Hall–Kier alpha value is -3.41. The van der Waals surface area contributed by atoms with Gasteiger partial charge in [-0.25, -0.2) is 0 Å². The van der Waals surface area contributed by atoms with Crippen LogP contribution in [0.25, 0.3) is 0 Å². The second kappa shape index (κ2) is 70.1. The Bertz CT molecular complexity index is 1550. The van der Waals surface area contributed by atoms with Crippen LogP contribution in [0, 0.1) is 0 Å². The van der Waals surface area contributed by atoms with Crippen molar-refractivity contribution in [2.75, 3.05) is 13.2 Å². The highest BCUT2D eigenvalue weighted by Crippen LogP contribution is 2.18. The van der Waals surface area contributed by atoms with E-state index in [9.17, 15) is 14.4 Å². The maximum absolute atomic E-state index is 12.9. The van der Waals surface area contributed by atoms with Gasteiger partial charge in [0.2, 0.25) is 0 Å². The molecule has 0 spiro atoms. The Morgan fingerprint density at radius 2 is 0.476 bits per heavy atom. The normalized spacial score (nSPS) is 12.6. The summed E-state index contributed by atoms with van der Waals surface area (Å²) in [4.78, 5) is 38.2. The molecule has 0 aliphatic rings. The zero-order valence-corrected chi connectivity index (χ0v) is 54.5. The van der Waals surface area contributed by atoms with Crippen LogP contribution in [0.3, 0.4) is 0 Å². The molecule has 6 nitrogen and oxygen atoms in total. The summed E-state index contributed by atoms with van der Waals surface area (Å²) >= 11 is 0. The molecular weight excluding hydrogens is 1010 g/mol. The van der Waals surface area contributed by atoms with Crippen LogP contribution < -0.4 is 0 Å². The molecule has 0 amide bonds. The summed E-state index contributed by atoms with van der Waals surface area (Å²) in [6.45, 7) is 6.53. The van der Waals surface area contributed by atoms with Gasteiger partial charge in [-0.1, -0.05) is 350 Å². The molecule has 6 heteroatoms. The van der Waals surface area contributed by atoms with Gasteiger partial charge in [0.1, 0.15) is 13.2 Å². The number of hydrogen-bond donors (Lipinski definition) is 0. The molecule has 0 N–H and O–H groups in total. The molecular formula is C76H134O6. The van der Waals surface area contributed by atoms with Crippen LogP contribution in [0.4, 0.5) is 0 Å². The summed E-state index contributed by atoms with van der Waals surface area (Å²) < 4.78 is 16.9. The van der Waals surface area contributed by atoms with Crippen molar-refractivity contribution in [2.24, 2.45) is 0 Å². The molecule has 0 radical (unpaired) electrons. The summed E-state index contributed by atoms with van der Waals surface area (Å²) in [5, 5.41) is 0. The average Bonchev–Trinajstić information content (AvgIpc) is 3.48. The molecule has 0 rings (SSSR count). The lowest BCUT2D eigenvalue weighted by molar-refractivity contribution is -0.167. The number of esters is 3. The number of ether oxygens (including phenoxy) is 3. The number of allylic oxidation sites excluding steroid dienone is 14. The zero-order chi connectivity index (χ0) is 59.2. The first kappa shape index (κ1) is 78.6. The van der Waals surface area contributed by atoms with Crippen LogP contribution >= 0.6 is 0 Å². The third-order valence-corrected chi connectivity index (χ3v) is 15.7. The van der Waals surface area contributed by atoms with Crippen LogP contribution in [0.15, 0.2) is 85.1 Å². The van der Waals surface area contributed by atoms with E-state index in [-0.39, 0.29) is 31.1 Å².